The molecule has 1 N–H and O–H groups in total. The Kier molecular flexibility index (Phi) is 6.77. The monoisotopic (exact) mass is 490 g/mol. The molecule has 3 heterocycles. The van der Waals surface area contributed by atoms with Crippen LogP contribution in [0.5, 0.6) is 0 Å². The van der Waals surface area contributed by atoms with Crippen LogP contribution in [-0.2, 0) is 6.54 Å². The molecule has 0 atom stereocenters. The van der Waals surface area contributed by atoms with Crippen LogP contribution in [0.4, 0.5) is 5.69 Å². The minimum absolute atomic E-state index is 0. The van der Waals surface area contributed by atoms with Crippen molar-refractivity contribution in [2.45, 2.75) is 13.5 Å². The molecule has 0 amide bonds. The molecule has 1 aliphatic heterocycles. The molecule has 1 saturated heterocycles. The Morgan fingerprint density at radius 3 is 2.46 bits per heavy atom. The number of aliphatic imine (C=N–C) groups is 1. The van der Waals surface area contributed by atoms with Gasteiger partial charge in [-0.3, -0.25) is 4.99 Å². The summed E-state index contributed by atoms with van der Waals surface area (Å²) in [6.45, 7) is 6.68. The highest BCUT2D eigenvalue weighted by atomic mass is 127. The third kappa shape index (κ3) is 4.40. The van der Waals surface area contributed by atoms with E-state index < -0.39 is 0 Å². The van der Waals surface area contributed by atoms with Crippen LogP contribution in [0, 0.1) is 6.92 Å². The Hall–Kier alpha value is -2.29. The van der Waals surface area contributed by atoms with Gasteiger partial charge >= 0.3 is 0 Å². The molecule has 3 aromatic rings. The highest BCUT2D eigenvalue weighted by molar-refractivity contribution is 14.0. The predicted octanol–water partition coefficient (Wildman–Crippen LogP) is 3.16. The number of pyridine rings is 1. The fraction of sp³-hybridized carbons (Fsp3) is 0.333. The molecule has 0 unspecified atom stereocenters. The third-order valence-electron chi connectivity index (χ3n) is 5.09. The topological polar surface area (TPSA) is 48.2 Å². The van der Waals surface area contributed by atoms with E-state index in [1.54, 1.807) is 0 Å². The number of hydrogen-bond acceptors (Lipinski definition) is 3. The molecule has 1 aromatic carbocycles. The number of imidazole rings is 1. The fourth-order valence-corrected chi connectivity index (χ4v) is 3.60. The van der Waals surface area contributed by atoms with E-state index in [0.29, 0.717) is 6.54 Å². The van der Waals surface area contributed by atoms with Gasteiger partial charge in [-0.1, -0.05) is 24.3 Å². The molecule has 1 fully saturated rings. The highest BCUT2D eigenvalue weighted by Crippen LogP contribution is 2.15. The predicted molar refractivity (Wildman–Crippen MR) is 126 cm³/mol. The van der Waals surface area contributed by atoms with Gasteiger partial charge in [-0.15, -0.1) is 24.0 Å². The number of piperazine rings is 1. The number of rotatable bonds is 3. The quantitative estimate of drug-likeness (QED) is 0.348. The summed E-state index contributed by atoms with van der Waals surface area (Å²) in [6, 6.07) is 16.8. The number of fused-ring (bicyclic) bond motifs is 1. The lowest BCUT2D eigenvalue weighted by Crippen LogP contribution is -2.52. The van der Waals surface area contributed by atoms with Crippen LogP contribution in [0.3, 0.4) is 0 Å². The number of guanidine groups is 1. The van der Waals surface area contributed by atoms with E-state index in [1.165, 1.54) is 11.4 Å². The maximum absolute atomic E-state index is 4.70. The van der Waals surface area contributed by atoms with Gasteiger partial charge in [0.1, 0.15) is 5.65 Å². The van der Waals surface area contributed by atoms with Crippen LogP contribution in [0.15, 0.2) is 59.7 Å². The van der Waals surface area contributed by atoms with Crippen molar-refractivity contribution in [3.8, 4) is 0 Å². The molecule has 1 aliphatic rings. The molecule has 28 heavy (non-hydrogen) atoms. The van der Waals surface area contributed by atoms with Gasteiger partial charge in [-0.2, -0.15) is 0 Å². The van der Waals surface area contributed by atoms with Crippen LogP contribution in [0.2, 0.25) is 0 Å². The van der Waals surface area contributed by atoms with Gasteiger partial charge in [0.15, 0.2) is 5.96 Å². The SMILES string of the molecule is CN=C(NCc1cn2c(C)cccc2n1)N1CCN(c2ccccc2)CC1.I. The Labute approximate surface area is 183 Å². The zero-order valence-electron chi connectivity index (χ0n) is 16.4. The summed E-state index contributed by atoms with van der Waals surface area (Å²) in [7, 11) is 1.85. The summed E-state index contributed by atoms with van der Waals surface area (Å²) in [5.74, 6) is 0.941. The summed E-state index contributed by atoms with van der Waals surface area (Å²) in [5, 5.41) is 3.47. The first-order valence-electron chi connectivity index (χ1n) is 9.44. The lowest BCUT2D eigenvalue weighted by Gasteiger charge is -2.37. The smallest absolute Gasteiger partial charge is 0.194 e. The average Bonchev–Trinajstić information content (AvgIpc) is 3.14. The Morgan fingerprint density at radius 1 is 1.04 bits per heavy atom. The molecule has 0 spiro atoms. The molecule has 0 radical (unpaired) electrons. The maximum atomic E-state index is 4.70. The minimum Gasteiger partial charge on any atom is -0.368 e. The number of para-hydroxylation sites is 1. The van der Waals surface area contributed by atoms with Crippen molar-refractivity contribution in [1.29, 1.82) is 0 Å². The first-order chi connectivity index (χ1) is 13.2. The largest absolute Gasteiger partial charge is 0.368 e. The summed E-state index contributed by atoms with van der Waals surface area (Å²) in [6.07, 6.45) is 2.10. The number of benzene rings is 1. The summed E-state index contributed by atoms with van der Waals surface area (Å²) < 4.78 is 2.12. The van der Waals surface area contributed by atoms with Gasteiger partial charge in [-0.05, 0) is 31.2 Å². The van der Waals surface area contributed by atoms with E-state index in [-0.39, 0.29) is 24.0 Å². The van der Waals surface area contributed by atoms with Crippen LogP contribution in [0.25, 0.3) is 5.65 Å². The van der Waals surface area contributed by atoms with Gasteiger partial charge in [0, 0.05) is 50.8 Å². The van der Waals surface area contributed by atoms with Crippen LogP contribution >= 0.6 is 24.0 Å². The van der Waals surface area contributed by atoms with E-state index in [4.69, 9.17) is 4.98 Å². The normalized spacial score (nSPS) is 14.9. The second kappa shape index (κ2) is 9.27. The number of hydrogen-bond donors (Lipinski definition) is 1. The van der Waals surface area contributed by atoms with E-state index in [2.05, 4.69) is 74.0 Å². The minimum atomic E-state index is 0. The van der Waals surface area contributed by atoms with Gasteiger partial charge < -0.3 is 19.5 Å². The van der Waals surface area contributed by atoms with Gasteiger partial charge in [0.05, 0.1) is 12.2 Å². The van der Waals surface area contributed by atoms with Crippen molar-refractivity contribution in [3.05, 3.63) is 66.1 Å². The van der Waals surface area contributed by atoms with Crippen molar-refractivity contribution >= 4 is 41.3 Å². The number of anilines is 1. The van der Waals surface area contributed by atoms with Crippen molar-refractivity contribution in [3.63, 3.8) is 0 Å². The van der Waals surface area contributed by atoms with E-state index in [9.17, 15) is 0 Å². The van der Waals surface area contributed by atoms with Gasteiger partial charge in [0.2, 0.25) is 0 Å². The van der Waals surface area contributed by atoms with Gasteiger partial charge in [-0.25, -0.2) is 4.98 Å². The first-order valence-corrected chi connectivity index (χ1v) is 9.44. The molecular formula is C21H27IN6. The standard InChI is InChI=1S/C21H26N6.HI/c1-17-7-6-10-20-24-18(16-27(17)20)15-23-21(22-2)26-13-11-25(12-14-26)19-8-4-3-5-9-19;/h3-10,16H,11-15H2,1-2H3,(H,22,23);1H. The maximum Gasteiger partial charge on any atom is 0.194 e. The molecule has 4 rings (SSSR count). The number of halogens is 1. The molecule has 0 bridgehead atoms. The van der Waals surface area contributed by atoms with Crippen LogP contribution in [0.1, 0.15) is 11.4 Å². The molecule has 0 saturated carbocycles. The molecule has 6 nitrogen and oxygen atoms in total. The number of nitrogens with zero attached hydrogens (tertiary/aromatic N) is 5. The van der Waals surface area contributed by atoms with Crippen molar-refractivity contribution in [2.24, 2.45) is 4.99 Å². The lowest BCUT2D eigenvalue weighted by atomic mass is 10.2. The first kappa shape index (κ1) is 20.4. The molecule has 148 valence electrons. The van der Waals surface area contributed by atoms with E-state index >= 15 is 0 Å². The van der Waals surface area contributed by atoms with Crippen molar-refractivity contribution in [2.75, 3.05) is 38.1 Å². The van der Waals surface area contributed by atoms with Gasteiger partial charge in [0.25, 0.3) is 0 Å². The summed E-state index contributed by atoms with van der Waals surface area (Å²) in [5.41, 5.74) is 4.49. The fourth-order valence-electron chi connectivity index (χ4n) is 3.60. The van der Waals surface area contributed by atoms with Crippen LogP contribution in [-0.4, -0.2) is 53.5 Å². The second-order valence-corrected chi connectivity index (χ2v) is 6.84. The number of nitrogens with one attached hydrogen (secondary N) is 1. The molecular weight excluding hydrogens is 463 g/mol. The summed E-state index contributed by atoms with van der Waals surface area (Å²) >= 11 is 0. The second-order valence-electron chi connectivity index (χ2n) is 6.84. The number of aryl methyl sites for hydroxylation is 1. The Balaban J connectivity index is 0.00000225. The Bertz CT molecular complexity index is 928. The van der Waals surface area contributed by atoms with Crippen molar-refractivity contribution < 1.29 is 0 Å². The number of aromatic nitrogens is 2. The third-order valence-corrected chi connectivity index (χ3v) is 5.09. The van der Waals surface area contributed by atoms with E-state index in [1.807, 2.05) is 19.2 Å². The van der Waals surface area contributed by atoms with Crippen LogP contribution < -0.4 is 10.2 Å². The Morgan fingerprint density at radius 2 is 1.79 bits per heavy atom. The van der Waals surface area contributed by atoms with Crippen molar-refractivity contribution in [1.82, 2.24) is 19.6 Å². The highest BCUT2D eigenvalue weighted by Gasteiger charge is 2.19. The molecule has 2 aromatic heterocycles. The zero-order valence-corrected chi connectivity index (χ0v) is 18.7. The lowest BCUT2D eigenvalue weighted by molar-refractivity contribution is 0.372. The van der Waals surface area contributed by atoms with E-state index in [0.717, 1.165) is 43.5 Å². The zero-order chi connectivity index (χ0) is 18.6. The molecule has 7 heteroatoms. The average molecular weight is 490 g/mol. The molecule has 0 aliphatic carbocycles. The summed E-state index contributed by atoms with van der Waals surface area (Å²) in [4.78, 5) is 13.9.